The van der Waals surface area contributed by atoms with Crippen LogP contribution in [0.5, 0.6) is 0 Å². The average Bonchev–Trinajstić information content (AvgIpc) is 3.85. The Bertz CT molecular complexity index is 3780. The molecule has 0 N–H and O–H groups in total. The minimum atomic E-state index is -0.503. The molecule has 350 valence electrons. The molecule has 2 nitrogen and oxygen atoms in total. The van der Waals surface area contributed by atoms with Gasteiger partial charge in [-0.05, 0) is 171 Å². The molecule has 4 fully saturated rings. The molecule has 0 saturated heterocycles. The molecule has 1 spiro atoms. The molecule has 0 unspecified atom stereocenters. The second-order valence-corrected chi connectivity index (χ2v) is 21.5. The smallest absolute Gasteiger partial charge is 0.136 e. The third-order valence-electron chi connectivity index (χ3n) is 18.0. The zero-order chi connectivity index (χ0) is 48.1. The van der Waals surface area contributed by atoms with E-state index in [9.17, 15) is 0 Å². The highest BCUT2D eigenvalue weighted by molar-refractivity contribution is 6.13. The molecule has 1 heterocycles. The van der Waals surface area contributed by atoms with E-state index < -0.39 is 5.41 Å². The van der Waals surface area contributed by atoms with Crippen molar-refractivity contribution in [3.05, 3.63) is 282 Å². The monoisotopic (exact) mass is 937 g/mol. The van der Waals surface area contributed by atoms with Crippen LogP contribution in [0.25, 0.3) is 55.3 Å². The normalized spacial score (nSPS) is 21.0. The van der Waals surface area contributed by atoms with Crippen LogP contribution in [0.15, 0.2) is 253 Å². The molecule has 73 heavy (non-hydrogen) atoms. The minimum absolute atomic E-state index is 0.0952. The average molecular weight is 938 g/mol. The largest absolute Gasteiger partial charge is 0.456 e. The first-order valence-electron chi connectivity index (χ1n) is 26.6. The predicted molar refractivity (Wildman–Crippen MR) is 301 cm³/mol. The van der Waals surface area contributed by atoms with Crippen molar-refractivity contribution < 1.29 is 4.42 Å². The van der Waals surface area contributed by atoms with Crippen LogP contribution in [0.4, 0.5) is 17.1 Å². The van der Waals surface area contributed by atoms with Crippen LogP contribution in [0, 0.1) is 23.7 Å². The van der Waals surface area contributed by atoms with E-state index in [-0.39, 0.29) is 5.41 Å². The molecule has 16 rings (SSSR count). The van der Waals surface area contributed by atoms with Gasteiger partial charge < -0.3 is 9.32 Å². The van der Waals surface area contributed by atoms with Crippen LogP contribution >= 0.6 is 0 Å². The highest BCUT2D eigenvalue weighted by atomic mass is 16.3. The van der Waals surface area contributed by atoms with Crippen molar-refractivity contribution in [2.75, 3.05) is 4.90 Å². The lowest BCUT2D eigenvalue weighted by molar-refractivity contribution is -0.0440. The number of para-hydroxylation sites is 1. The van der Waals surface area contributed by atoms with Crippen molar-refractivity contribution in [2.24, 2.45) is 23.7 Å². The summed E-state index contributed by atoms with van der Waals surface area (Å²) in [4.78, 5) is 2.53. The summed E-state index contributed by atoms with van der Waals surface area (Å²) in [5, 5.41) is 2.30. The summed E-state index contributed by atoms with van der Waals surface area (Å²) in [6.45, 7) is 0. The molecule has 4 saturated carbocycles. The molecule has 1 aromatic heterocycles. The summed E-state index contributed by atoms with van der Waals surface area (Å²) in [6, 6.07) is 93.3. The van der Waals surface area contributed by atoms with Crippen molar-refractivity contribution in [3.63, 3.8) is 0 Å². The number of fused-ring (bicyclic) bond motifs is 5. The lowest BCUT2D eigenvalue weighted by atomic mass is 9.38. The first kappa shape index (κ1) is 42.5. The third kappa shape index (κ3) is 6.36. The Hall–Kier alpha value is -8.20. The van der Waals surface area contributed by atoms with E-state index >= 15 is 0 Å². The number of nitrogens with zero attached hydrogens (tertiary/aromatic N) is 1. The summed E-state index contributed by atoms with van der Waals surface area (Å²) in [5.74, 6) is 2.84. The Morgan fingerprint density at radius 3 is 1.51 bits per heavy atom. The highest BCUT2D eigenvalue weighted by Crippen LogP contribution is 2.70. The van der Waals surface area contributed by atoms with E-state index in [2.05, 4.69) is 248 Å². The minimum Gasteiger partial charge on any atom is -0.456 e. The first-order chi connectivity index (χ1) is 36.2. The van der Waals surface area contributed by atoms with Crippen LogP contribution in [0.1, 0.15) is 65.5 Å². The van der Waals surface area contributed by atoms with Crippen molar-refractivity contribution >= 4 is 39.0 Å². The van der Waals surface area contributed by atoms with Gasteiger partial charge in [-0.15, -0.1) is 0 Å². The summed E-state index contributed by atoms with van der Waals surface area (Å²) >= 11 is 0. The Morgan fingerprint density at radius 2 is 0.836 bits per heavy atom. The van der Waals surface area contributed by atoms with Gasteiger partial charge in [0.05, 0.1) is 5.41 Å². The molecule has 5 aliphatic carbocycles. The number of rotatable bonds is 8. The summed E-state index contributed by atoms with van der Waals surface area (Å²) in [5.41, 5.74) is 20.5. The van der Waals surface area contributed by atoms with Crippen LogP contribution in [0.2, 0.25) is 0 Å². The van der Waals surface area contributed by atoms with Crippen molar-refractivity contribution in [2.45, 2.75) is 42.9 Å². The molecule has 5 aliphatic rings. The van der Waals surface area contributed by atoms with Gasteiger partial charge in [0.1, 0.15) is 11.2 Å². The quantitative estimate of drug-likeness (QED) is 0.151. The van der Waals surface area contributed by atoms with Crippen molar-refractivity contribution in [1.82, 2.24) is 0 Å². The topological polar surface area (TPSA) is 16.4 Å². The van der Waals surface area contributed by atoms with Gasteiger partial charge in [-0.2, -0.15) is 0 Å². The SMILES string of the molecule is c1ccc(-c2ccc(N(c3ccc(-c4ccccc4-c4cccc5oc6ccccc6c45)cc3)c3ccc4c(c3)C3(c5ccccc5C4(c4ccccc4)c4ccccc4)[C@H]4C[C@H]5C[C@H](C[C@H]3C5)C4)cc2)cc1. The van der Waals surface area contributed by atoms with E-state index in [4.69, 9.17) is 4.42 Å². The van der Waals surface area contributed by atoms with Gasteiger partial charge in [0.15, 0.2) is 0 Å². The van der Waals surface area contributed by atoms with Gasteiger partial charge >= 0.3 is 0 Å². The van der Waals surface area contributed by atoms with E-state index in [1.165, 1.54) is 99.0 Å². The lowest BCUT2D eigenvalue weighted by Crippen LogP contribution is -2.59. The van der Waals surface area contributed by atoms with Gasteiger partial charge in [0.25, 0.3) is 0 Å². The molecular weight excluding hydrogens is 883 g/mol. The van der Waals surface area contributed by atoms with E-state index in [1.54, 1.807) is 5.56 Å². The Morgan fingerprint density at radius 1 is 0.342 bits per heavy atom. The fraction of sp³-hybridized carbons (Fsp3) is 0.155. The molecule has 10 aromatic carbocycles. The maximum absolute atomic E-state index is 6.39. The van der Waals surface area contributed by atoms with E-state index in [0.29, 0.717) is 11.8 Å². The summed E-state index contributed by atoms with van der Waals surface area (Å²) in [6.07, 6.45) is 6.67. The predicted octanol–water partition coefficient (Wildman–Crippen LogP) is 18.5. The van der Waals surface area contributed by atoms with Crippen molar-refractivity contribution in [1.29, 1.82) is 0 Å². The number of furan rings is 1. The molecule has 0 amide bonds. The van der Waals surface area contributed by atoms with Crippen LogP contribution in [-0.4, -0.2) is 0 Å². The van der Waals surface area contributed by atoms with Gasteiger partial charge in [0.2, 0.25) is 0 Å². The molecule has 4 bridgehead atoms. The van der Waals surface area contributed by atoms with Crippen LogP contribution < -0.4 is 4.90 Å². The first-order valence-corrected chi connectivity index (χ1v) is 26.6. The standard InChI is InChI=1S/C71H55NO/c1-4-17-49(18-5-1)50-31-35-56(36-32-50)72(57-37-33-51(34-38-57)59-23-10-11-24-60(59)61-26-16-30-68-69(61)62-25-12-15-29-67(62)73-68)58-39-40-65-66(46-58)71(54-42-47-41-48(44-54)45-55(71)43-47)64-28-14-13-27-63(64)70(65,52-19-6-2-7-20-52)53-21-8-3-9-22-53/h1-40,46-48,54-55H,41-45H2/t47-,48+,54+,55-,71?. The molecule has 0 radical (unpaired) electrons. The van der Waals surface area contributed by atoms with E-state index in [0.717, 1.165) is 45.1 Å². The molecule has 0 atom stereocenters. The zero-order valence-corrected chi connectivity index (χ0v) is 40.9. The van der Waals surface area contributed by atoms with Crippen LogP contribution in [0.3, 0.4) is 0 Å². The van der Waals surface area contributed by atoms with Gasteiger partial charge in [0, 0.05) is 33.2 Å². The van der Waals surface area contributed by atoms with Gasteiger partial charge in [-0.3, -0.25) is 0 Å². The van der Waals surface area contributed by atoms with Gasteiger partial charge in [-0.1, -0.05) is 200 Å². The second kappa shape index (κ2) is 16.7. The number of benzene rings is 10. The molecule has 2 heteroatoms. The highest BCUT2D eigenvalue weighted by Gasteiger charge is 2.63. The van der Waals surface area contributed by atoms with Gasteiger partial charge in [-0.25, -0.2) is 0 Å². The molecular formula is C71H55NO. The fourth-order valence-corrected chi connectivity index (χ4v) is 15.4. The van der Waals surface area contributed by atoms with Crippen molar-refractivity contribution in [3.8, 4) is 33.4 Å². The van der Waals surface area contributed by atoms with E-state index in [1.807, 2.05) is 6.07 Å². The number of hydrogen-bond donors (Lipinski definition) is 0. The zero-order valence-electron chi connectivity index (χ0n) is 40.9. The Kier molecular flexibility index (Phi) is 9.71. The third-order valence-corrected chi connectivity index (χ3v) is 18.0. The second-order valence-electron chi connectivity index (χ2n) is 21.5. The fourth-order valence-electron chi connectivity index (χ4n) is 15.4. The van der Waals surface area contributed by atoms with Crippen LogP contribution in [-0.2, 0) is 10.8 Å². The maximum Gasteiger partial charge on any atom is 0.136 e. The number of anilines is 3. The number of hydrogen-bond acceptors (Lipinski definition) is 2. The summed E-state index contributed by atoms with van der Waals surface area (Å²) in [7, 11) is 0. The molecule has 0 aliphatic heterocycles. The summed E-state index contributed by atoms with van der Waals surface area (Å²) < 4.78 is 6.39. The Balaban J connectivity index is 0.942. The molecule has 11 aromatic rings. The maximum atomic E-state index is 6.39. The lowest BCUT2D eigenvalue weighted by Gasteiger charge is -2.65. The Labute approximate surface area is 428 Å².